The molecule has 0 aliphatic heterocycles. The van der Waals surface area contributed by atoms with Crippen LogP contribution < -0.4 is 10.5 Å². The number of nitrogens with zero attached hydrogens (tertiary/aromatic N) is 7. The van der Waals surface area contributed by atoms with Crippen LogP contribution in [0.1, 0.15) is 40.4 Å². The van der Waals surface area contributed by atoms with Gasteiger partial charge >= 0.3 is 0 Å². The molecule has 0 saturated heterocycles. The van der Waals surface area contributed by atoms with Gasteiger partial charge in [-0.05, 0) is 49.7 Å². The van der Waals surface area contributed by atoms with Gasteiger partial charge in [0.2, 0.25) is 5.88 Å². The summed E-state index contributed by atoms with van der Waals surface area (Å²) in [7, 11) is 3.31. The summed E-state index contributed by atoms with van der Waals surface area (Å²) in [5.41, 5.74) is 8.65. The molecule has 1 atom stereocenters. The highest BCUT2D eigenvalue weighted by atomic mass is 16.5. The molecule has 3 heterocycles. The van der Waals surface area contributed by atoms with Gasteiger partial charge in [-0.25, -0.2) is 9.97 Å². The second-order valence-corrected chi connectivity index (χ2v) is 7.55. The molecule has 164 valence electrons. The lowest BCUT2D eigenvalue weighted by Crippen LogP contribution is -2.34. The third-order valence-electron chi connectivity index (χ3n) is 5.25. The number of hydrogen-bond acceptors (Lipinski definition) is 8. The summed E-state index contributed by atoms with van der Waals surface area (Å²) >= 11 is 0. The molecule has 10 nitrogen and oxygen atoms in total. The van der Waals surface area contributed by atoms with Crippen LogP contribution in [0.3, 0.4) is 0 Å². The van der Waals surface area contributed by atoms with E-state index < -0.39 is 6.04 Å². The van der Waals surface area contributed by atoms with Crippen LogP contribution in [0.5, 0.6) is 5.88 Å². The molecule has 0 saturated carbocycles. The predicted octanol–water partition coefficient (Wildman–Crippen LogP) is 2.46. The molecule has 2 N–H and O–H groups in total. The first-order valence-electron chi connectivity index (χ1n) is 10.1. The number of methoxy groups -OCH3 is 1. The van der Waals surface area contributed by atoms with E-state index in [1.165, 1.54) is 7.11 Å². The number of nitrogen functional groups attached to an aromatic ring is 1. The molecular weight excluding hydrogens is 408 g/mol. The third kappa shape index (κ3) is 4.20. The van der Waals surface area contributed by atoms with Gasteiger partial charge in [-0.3, -0.25) is 9.48 Å². The number of hydrogen-bond donors (Lipinski definition) is 1. The normalized spacial score (nSPS) is 12.0. The largest absolute Gasteiger partial charge is 0.480 e. The van der Waals surface area contributed by atoms with E-state index in [1.54, 1.807) is 47.2 Å². The van der Waals surface area contributed by atoms with Gasteiger partial charge in [0.05, 0.1) is 30.9 Å². The van der Waals surface area contributed by atoms with E-state index >= 15 is 0 Å². The van der Waals surface area contributed by atoms with Crippen molar-refractivity contribution in [1.29, 1.82) is 0 Å². The molecule has 0 fully saturated rings. The number of benzene rings is 1. The van der Waals surface area contributed by atoms with Crippen molar-refractivity contribution >= 4 is 22.6 Å². The Hall–Kier alpha value is -4.08. The van der Waals surface area contributed by atoms with Crippen LogP contribution in [0, 0.1) is 6.92 Å². The second kappa shape index (κ2) is 8.58. The van der Waals surface area contributed by atoms with Gasteiger partial charge in [0, 0.05) is 24.1 Å². The standard InChI is InChI=1S/C22H24N8O2/c1-13-9-16-10-15(5-7-18(16)25-20(13)23)22(31)30(14(2)21-24-12-29(3)28-21)11-17-6-8-19(32-4)27-26-17/h5-10,12,14H,11H2,1-4H3,(H2,23,25)/t14-/m1/s1. The van der Waals surface area contributed by atoms with Gasteiger partial charge in [0.1, 0.15) is 12.1 Å². The highest BCUT2D eigenvalue weighted by molar-refractivity contribution is 5.98. The number of pyridine rings is 1. The fourth-order valence-electron chi connectivity index (χ4n) is 3.38. The topological polar surface area (TPSA) is 125 Å². The summed E-state index contributed by atoms with van der Waals surface area (Å²) in [6, 6.07) is 10.4. The van der Waals surface area contributed by atoms with Crippen molar-refractivity contribution in [2.24, 2.45) is 7.05 Å². The summed E-state index contributed by atoms with van der Waals surface area (Å²) in [6.07, 6.45) is 1.61. The first-order chi connectivity index (χ1) is 15.4. The molecule has 4 aromatic rings. The number of carbonyl (C=O) groups is 1. The Kier molecular flexibility index (Phi) is 5.67. The first kappa shape index (κ1) is 21.2. The fraction of sp³-hybridized carbons (Fsp3) is 0.273. The number of aryl methyl sites for hydroxylation is 2. The number of fused-ring (bicyclic) bond motifs is 1. The molecule has 1 amide bonds. The molecule has 0 bridgehead atoms. The van der Waals surface area contributed by atoms with E-state index in [2.05, 4.69) is 25.3 Å². The summed E-state index contributed by atoms with van der Waals surface area (Å²) in [5.74, 6) is 1.24. The van der Waals surface area contributed by atoms with Gasteiger partial charge in [-0.1, -0.05) is 0 Å². The average molecular weight is 432 g/mol. The maximum Gasteiger partial charge on any atom is 0.254 e. The summed E-state index contributed by atoms with van der Waals surface area (Å²) in [5, 5.41) is 13.4. The van der Waals surface area contributed by atoms with Crippen molar-refractivity contribution < 1.29 is 9.53 Å². The molecule has 32 heavy (non-hydrogen) atoms. The zero-order valence-electron chi connectivity index (χ0n) is 18.4. The number of amides is 1. The van der Waals surface area contributed by atoms with E-state index in [1.807, 2.05) is 26.0 Å². The van der Waals surface area contributed by atoms with Crippen molar-refractivity contribution in [2.45, 2.75) is 26.4 Å². The Labute approximate surface area is 185 Å². The summed E-state index contributed by atoms with van der Waals surface area (Å²) < 4.78 is 6.69. The highest BCUT2D eigenvalue weighted by Gasteiger charge is 2.26. The van der Waals surface area contributed by atoms with Crippen molar-refractivity contribution in [2.75, 3.05) is 12.8 Å². The molecule has 1 aromatic carbocycles. The molecule has 4 rings (SSSR count). The van der Waals surface area contributed by atoms with Crippen LogP contribution in [0.4, 0.5) is 5.82 Å². The quantitative estimate of drug-likeness (QED) is 0.493. The van der Waals surface area contributed by atoms with Crippen LogP contribution in [0.2, 0.25) is 0 Å². The maximum absolute atomic E-state index is 13.6. The lowest BCUT2D eigenvalue weighted by molar-refractivity contribution is 0.0663. The van der Waals surface area contributed by atoms with E-state index in [4.69, 9.17) is 10.5 Å². The Morgan fingerprint density at radius 2 is 2.03 bits per heavy atom. The average Bonchev–Trinajstić information content (AvgIpc) is 3.23. The highest BCUT2D eigenvalue weighted by Crippen LogP contribution is 2.25. The van der Waals surface area contributed by atoms with Crippen LogP contribution in [-0.2, 0) is 13.6 Å². The molecule has 0 aliphatic rings. The van der Waals surface area contributed by atoms with Gasteiger partial charge in [-0.15, -0.1) is 5.10 Å². The summed E-state index contributed by atoms with van der Waals surface area (Å²) in [4.78, 5) is 24.0. The molecule has 0 spiro atoms. The monoisotopic (exact) mass is 432 g/mol. The third-order valence-corrected chi connectivity index (χ3v) is 5.25. The SMILES string of the molecule is COc1ccc(CN(C(=O)c2ccc3nc(N)c(C)cc3c2)[C@H](C)c2ncn(C)n2)nn1. The smallest absolute Gasteiger partial charge is 0.254 e. The second-order valence-electron chi connectivity index (χ2n) is 7.55. The minimum absolute atomic E-state index is 0.182. The zero-order chi connectivity index (χ0) is 22.8. The number of rotatable bonds is 6. The molecule has 3 aromatic heterocycles. The first-order valence-corrected chi connectivity index (χ1v) is 10.1. The van der Waals surface area contributed by atoms with Crippen molar-refractivity contribution in [3.63, 3.8) is 0 Å². The lowest BCUT2D eigenvalue weighted by Gasteiger charge is -2.27. The van der Waals surface area contributed by atoms with E-state index in [9.17, 15) is 4.79 Å². The Bertz CT molecular complexity index is 1270. The molecule has 0 radical (unpaired) electrons. The summed E-state index contributed by atoms with van der Waals surface area (Å²) in [6.45, 7) is 4.00. The number of aromatic nitrogens is 6. The minimum Gasteiger partial charge on any atom is -0.480 e. The van der Waals surface area contributed by atoms with Crippen LogP contribution >= 0.6 is 0 Å². The molecule has 0 unspecified atom stereocenters. The molecular formula is C22H24N8O2. The van der Waals surface area contributed by atoms with Crippen LogP contribution in [0.25, 0.3) is 10.9 Å². The van der Waals surface area contributed by atoms with Gasteiger partial charge in [-0.2, -0.15) is 10.2 Å². The van der Waals surface area contributed by atoms with Crippen LogP contribution in [0.15, 0.2) is 42.7 Å². The molecule has 10 heteroatoms. The van der Waals surface area contributed by atoms with Crippen molar-refractivity contribution in [3.05, 3.63) is 65.4 Å². The number of carbonyl (C=O) groups excluding carboxylic acids is 1. The van der Waals surface area contributed by atoms with Gasteiger partial charge < -0.3 is 15.4 Å². The Morgan fingerprint density at radius 3 is 2.69 bits per heavy atom. The van der Waals surface area contributed by atoms with Crippen LogP contribution in [-0.4, -0.2) is 47.9 Å². The lowest BCUT2D eigenvalue weighted by atomic mass is 10.1. The zero-order valence-corrected chi connectivity index (χ0v) is 18.4. The van der Waals surface area contributed by atoms with Crippen molar-refractivity contribution in [1.82, 2.24) is 34.8 Å². The van der Waals surface area contributed by atoms with E-state index in [0.29, 0.717) is 28.8 Å². The maximum atomic E-state index is 13.6. The fourth-order valence-corrected chi connectivity index (χ4v) is 3.38. The van der Waals surface area contributed by atoms with Gasteiger partial charge in [0.15, 0.2) is 5.82 Å². The number of anilines is 1. The van der Waals surface area contributed by atoms with Gasteiger partial charge in [0.25, 0.3) is 5.91 Å². The Balaban J connectivity index is 1.71. The number of nitrogens with two attached hydrogens (primary N) is 1. The van der Waals surface area contributed by atoms with E-state index in [0.717, 1.165) is 16.5 Å². The minimum atomic E-state index is -0.394. The Morgan fingerprint density at radius 1 is 1.22 bits per heavy atom. The van der Waals surface area contributed by atoms with E-state index in [-0.39, 0.29) is 12.5 Å². The predicted molar refractivity (Wildman–Crippen MR) is 119 cm³/mol. The number of ether oxygens (including phenoxy) is 1. The molecule has 0 aliphatic carbocycles. The van der Waals surface area contributed by atoms with Crippen molar-refractivity contribution in [3.8, 4) is 5.88 Å².